The summed E-state index contributed by atoms with van der Waals surface area (Å²) in [6.07, 6.45) is 3.62. The van der Waals surface area contributed by atoms with E-state index >= 15 is 0 Å². The third-order valence-corrected chi connectivity index (χ3v) is 3.86. The molecule has 3 aromatic rings. The van der Waals surface area contributed by atoms with Crippen LogP contribution in [0, 0.1) is 11.3 Å². The van der Waals surface area contributed by atoms with Crippen LogP contribution in [0.4, 0.5) is 0 Å². The van der Waals surface area contributed by atoms with Crippen LogP contribution in [-0.4, -0.2) is 24.6 Å². The number of pyridine rings is 1. The summed E-state index contributed by atoms with van der Waals surface area (Å²) in [5, 5.41) is 9.40. The van der Waals surface area contributed by atoms with Gasteiger partial charge in [0.05, 0.1) is 25.3 Å². The highest BCUT2D eigenvalue weighted by atomic mass is 16.5. The number of nitrogens with zero attached hydrogens (tertiary/aromatic N) is 2. The van der Waals surface area contributed by atoms with Crippen LogP contribution in [0.15, 0.2) is 48.8 Å². The smallest absolute Gasteiger partial charge is 0.342 e. The van der Waals surface area contributed by atoms with E-state index in [1.54, 1.807) is 24.4 Å². The van der Waals surface area contributed by atoms with Crippen LogP contribution in [0.25, 0.3) is 5.52 Å². The van der Waals surface area contributed by atoms with Crippen LogP contribution in [0.3, 0.4) is 0 Å². The van der Waals surface area contributed by atoms with Crippen LogP contribution in [0.2, 0.25) is 0 Å². The predicted octanol–water partition coefficient (Wildman–Crippen LogP) is 3.19. The molecule has 25 heavy (non-hydrogen) atoms. The molecule has 0 amide bonds. The van der Waals surface area contributed by atoms with Crippen molar-refractivity contribution in [1.29, 1.82) is 5.26 Å². The average molecular weight is 336 g/mol. The number of esters is 1. The molecule has 0 aliphatic carbocycles. The molecule has 2 aromatic heterocycles. The Kier molecular flexibility index (Phi) is 4.57. The zero-order chi connectivity index (χ0) is 17.8. The molecule has 0 N–H and O–H groups in total. The van der Waals surface area contributed by atoms with E-state index in [1.807, 2.05) is 28.8 Å². The van der Waals surface area contributed by atoms with Gasteiger partial charge < -0.3 is 18.6 Å². The van der Waals surface area contributed by atoms with Crippen molar-refractivity contribution < 1.29 is 19.0 Å². The lowest BCUT2D eigenvalue weighted by atomic mass is 10.1. The standard InChI is InChI=1S/C19H16N2O4/c1-23-17-8-5-6-14(18(17)24-2)19(22)25-12-13-11-21-9-4-3-7-16(21)15(13)10-20/h3-9,11H,12H2,1-2H3. The lowest BCUT2D eigenvalue weighted by Crippen LogP contribution is -2.08. The van der Waals surface area contributed by atoms with Gasteiger partial charge in [0.2, 0.25) is 0 Å². The maximum absolute atomic E-state index is 12.4. The van der Waals surface area contributed by atoms with Crippen molar-refractivity contribution in [3.8, 4) is 17.6 Å². The molecule has 0 saturated heterocycles. The molecule has 0 unspecified atom stereocenters. The number of benzene rings is 1. The summed E-state index contributed by atoms with van der Waals surface area (Å²) in [6, 6.07) is 12.7. The van der Waals surface area contributed by atoms with Gasteiger partial charge in [-0.1, -0.05) is 12.1 Å². The molecule has 6 heteroatoms. The van der Waals surface area contributed by atoms with E-state index in [0.717, 1.165) is 5.52 Å². The fourth-order valence-corrected chi connectivity index (χ4v) is 2.68. The Morgan fingerprint density at radius 3 is 2.72 bits per heavy atom. The van der Waals surface area contributed by atoms with Crippen molar-refractivity contribution in [2.24, 2.45) is 0 Å². The summed E-state index contributed by atoms with van der Waals surface area (Å²) in [7, 11) is 2.96. The minimum Gasteiger partial charge on any atom is -0.493 e. The van der Waals surface area contributed by atoms with Gasteiger partial charge in [0.25, 0.3) is 0 Å². The molecular formula is C19H16N2O4. The monoisotopic (exact) mass is 336 g/mol. The molecule has 6 nitrogen and oxygen atoms in total. The summed E-state index contributed by atoms with van der Waals surface area (Å²) in [5.41, 5.74) is 2.18. The number of para-hydroxylation sites is 1. The Labute approximate surface area is 144 Å². The molecule has 0 radical (unpaired) electrons. The highest BCUT2D eigenvalue weighted by molar-refractivity contribution is 5.93. The normalized spacial score (nSPS) is 10.3. The summed E-state index contributed by atoms with van der Waals surface area (Å²) in [5.74, 6) is 0.219. The van der Waals surface area contributed by atoms with E-state index in [2.05, 4.69) is 6.07 Å². The first-order valence-electron chi connectivity index (χ1n) is 7.56. The highest BCUT2D eigenvalue weighted by Gasteiger charge is 2.19. The molecule has 0 aliphatic rings. The molecule has 2 heterocycles. The molecule has 0 bridgehead atoms. The third-order valence-electron chi connectivity index (χ3n) is 3.86. The first-order valence-corrected chi connectivity index (χ1v) is 7.56. The number of carbonyl (C=O) groups excluding carboxylic acids is 1. The van der Waals surface area contributed by atoms with Gasteiger partial charge in [0, 0.05) is 18.0 Å². The van der Waals surface area contributed by atoms with Gasteiger partial charge in [-0.2, -0.15) is 5.26 Å². The van der Waals surface area contributed by atoms with Crippen LogP contribution in [-0.2, 0) is 11.3 Å². The van der Waals surface area contributed by atoms with Crippen molar-refractivity contribution >= 4 is 11.5 Å². The van der Waals surface area contributed by atoms with Crippen LogP contribution in [0.1, 0.15) is 21.5 Å². The minimum atomic E-state index is -0.546. The number of hydrogen-bond donors (Lipinski definition) is 0. The Morgan fingerprint density at radius 2 is 2.00 bits per heavy atom. The van der Waals surface area contributed by atoms with E-state index in [0.29, 0.717) is 22.6 Å². The summed E-state index contributed by atoms with van der Waals surface area (Å²) in [4.78, 5) is 12.4. The molecule has 0 spiro atoms. The lowest BCUT2D eigenvalue weighted by molar-refractivity contribution is 0.0468. The van der Waals surface area contributed by atoms with Gasteiger partial charge in [-0.3, -0.25) is 0 Å². The fraction of sp³-hybridized carbons (Fsp3) is 0.158. The van der Waals surface area contributed by atoms with Crippen molar-refractivity contribution in [2.75, 3.05) is 14.2 Å². The van der Waals surface area contributed by atoms with Gasteiger partial charge in [-0.05, 0) is 24.3 Å². The number of fused-ring (bicyclic) bond motifs is 1. The molecule has 126 valence electrons. The number of nitriles is 1. The van der Waals surface area contributed by atoms with Crippen molar-refractivity contribution in [3.05, 3.63) is 65.5 Å². The number of carbonyl (C=O) groups is 1. The second kappa shape index (κ2) is 6.97. The van der Waals surface area contributed by atoms with Crippen molar-refractivity contribution in [2.45, 2.75) is 6.61 Å². The fourth-order valence-electron chi connectivity index (χ4n) is 2.68. The average Bonchev–Trinajstić information content (AvgIpc) is 3.02. The van der Waals surface area contributed by atoms with E-state index in [1.165, 1.54) is 14.2 Å². The molecule has 0 atom stereocenters. The topological polar surface area (TPSA) is 73.0 Å². The van der Waals surface area contributed by atoms with Crippen molar-refractivity contribution in [1.82, 2.24) is 4.40 Å². The number of methoxy groups -OCH3 is 2. The van der Waals surface area contributed by atoms with E-state index in [9.17, 15) is 10.1 Å². The Hall–Kier alpha value is -3.46. The molecule has 0 aliphatic heterocycles. The maximum atomic E-state index is 12.4. The third kappa shape index (κ3) is 3.00. The molecule has 3 rings (SSSR count). The molecule has 1 aromatic carbocycles. The maximum Gasteiger partial charge on any atom is 0.342 e. The Bertz CT molecular complexity index is 969. The summed E-state index contributed by atoms with van der Waals surface area (Å²) in [6.45, 7) is -0.0101. The second-order valence-corrected chi connectivity index (χ2v) is 5.25. The first-order chi connectivity index (χ1) is 12.2. The lowest BCUT2D eigenvalue weighted by Gasteiger charge is -2.11. The number of aromatic nitrogens is 1. The second-order valence-electron chi connectivity index (χ2n) is 5.25. The van der Waals surface area contributed by atoms with E-state index in [4.69, 9.17) is 14.2 Å². The van der Waals surface area contributed by atoms with Crippen LogP contribution in [0.5, 0.6) is 11.5 Å². The summed E-state index contributed by atoms with van der Waals surface area (Å²) >= 11 is 0. The number of rotatable bonds is 5. The highest BCUT2D eigenvalue weighted by Crippen LogP contribution is 2.31. The molecule has 0 fully saturated rings. The van der Waals surface area contributed by atoms with Gasteiger partial charge >= 0.3 is 5.97 Å². The minimum absolute atomic E-state index is 0.0101. The summed E-state index contributed by atoms with van der Waals surface area (Å²) < 4.78 is 17.7. The number of hydrogen-bond acceptors (Lipinski definition) is 5. The zero-order valence-electron chi connectivity index (χ0n) is 13.9. The quantitative estimate of drug-likeness (QED) is 0.669. The zero-order valence-corrected chi connectivity index (χ0v) is 13.9. The largest absolute Gasteiger partial charge is 0.493 e. The van der Waals surface area contributed by atoms with Gasteiger partial charge in [-0.25, -0.2) is 4.79 Å². The van der Waals surface area contributed by atoms with E-state index < -0.39 is 5.97 Å². The number of ether oxygens (including phenoxy) is 3. The molecule has 0 saturated carbocycles. The van der Waals surface area contributed by atoms with Crippen LogP contribution >= 0.6 is 0 Å². The Morgan fingerprint density at radius 1 is 1.16 bits per heavy atom. The first kappa shape index (κ1) is 16.4. The van der Waals surface area contributed by atoms with E-state index in [-0.39, 0.29) is 12.2 Å². The van der Waals surface area contributed by atoms with Crippen LogP contribution < -0.4 is 9.47 Å². The van der Waals surface area contributed by atoms with Gasteiger partial charge in [-0.15, -0.1) is 0 Å². The van der Waals surface area contributed by atoms with Gasteiger partial charge in [0.1, 0.15) is 18.2 Å². The molecular weight excluding hydrogens is 320 g/mol. The van der Waals surface area contributed by atoms with Crippen molar-refractivity contribution in [3.63, 3.8) is 0 Å². The predicted molar refractivity (Wildman–Crippen MR) is 90.8 cm³/mol. The SMILES string of the molecule is COc1cccc(C(=O)OCc2cn3ccccc3c2C#N)c1OC. The Balaban J connectivity index is 1.85. The van der Waals surface area contributed by atoms with Gasteiger partial charge in [0.15, 0.2) is 11.5 Å².